The third-order valence-corrected chi connectivity index (χ3v) is 7.52. The smallest absolute Gasteiger partial charge is 0.294 e. The molecule has 0 N–H and O–H groups in total. The Balaban J connectivity index is 1.56. The Bertz CT molecular complexity index is 1390. The fourth-order valence-corrected chi connectivity index (χ4v) is 5.64. The number of anilines is 1. The van der Waals surface area contributed by atoms with E-state index in [9.17, 15) is 9.59 Å². The number of benzene rings is 1. The number of rotatable bonds is 7. The first kappa shape index (κ1) is 22.5. The number of thiophene rings is 1. The molecule has 0 unspecified atom stereocenters. The number of Topliss-reactive ketones (excluding diaryl/α,β-unsaturated/α-hetero) is 1. The highest BCUT2D eigenvalue weighted by molar-refractivity contribution is 7.23. The summed E-state index contributed by atoms with van der Waals surface area (Å²) in [7, 11) is 3.04. The molecule has 0 spiro atoms. The van der Waals surface area contributed by atoms with E-state index in [4.69, 9.17) is 14.2 Å². The highest BCUT2D eigenvalue weighted by Crippen LogP contribution is 2.35. The van der Waals surface area contributed by atoms with E-state index in [1.54, 1.807) is 18.2 Å². The second kappa shape index (κ2) is 9.53. The molecule has 1 saturated heterocycles. The number of methoxy groups -OCH3 is 2. The molecule has 34 heavy (non-hydrogen) atoms. The molecule has 0 aliphatic carbocycles. The average Bonchev–Trinajstić information content (AvgIpc) is 3.57. The van der Waals surface area contributed by atoms with Crippen LogP contribution in [-0.4, -0.2) is 61.1 Å². The van der Waals surface area contributed by atoms with Crippen LogP contribution < -0.4 is 19.9 Å². The minimum atomic E-state index is -0.389. The van der Waals surface area contributed by atoms with Gasteiger partial charge in [-0.1, -0.05) is 17.4 Å². The average molecular weight is 499 g/mol. The molecule has 0 bridgehead atoms. The molecule has 11 heteroatoms. The molecular formula is C23H22N4O5S2. The van der Waals surface area contributed by atoms with Crippen molar-refractivity contribution >= 4 is 43.8 Å². The van der Waals surface area contributed by atoms with Crippen molar-refractivity contribution in [3.05, 3.63) is 51.6 Å². The van der Waals surface area contributed by atoms with E-state index in [0.29, 0.717) is 54.6 Å². The van der Waals surface area contributed by atoms with E-state index in [1.807, 2.05) is 17.5 Å². The monoisotopic (exact) mass is 498 g/mol. The number of carbonyl (C=O) groups excluding carboxylic acids is 1. The first-order valence-corrected chi connectivity index (χ1v) is 12.3. The van der Waals surface area contributed by atoms with Crippen LogP contribution in [0.15, 0.2) is 40.5 Å². The molecule has 3 aromatic heterocycles. The fourth-order valence-electron chi connectivity index (χ4n) is 3.76. The zero-order valence-corrected chi connectivity index (χ0v) is 20.3. The number of nitrogens with zero attached hydrogens (tertiary/aromatic N) is 4. The lowest BCUT2D eigenvalue weighted by Crippen LogP contribution is -2.36. The SMILES string of the molecule is COc1ccc(C(=O)Cn2nc(-c3cccs3)c3sc(N4CCOCC4)nc3c2=O)cc1OC. The van der Waals surface area contributed by atoms with Crippen LogP contribution in [0.3, 0.4) is 0 Å². The number of carbonyl (C=O) groups is 1. The molecule has 0 amide bonds. The quantitative estimate of drug-likeness (QED) is 0.358. The first-order valence-electron chi connectivity index (χ1n) is 10.6. The van der Waals surface area contributed by atoms with Crippen molar-refractivity contribution in [1.29, 1.82) is 0 Å². The Morgan fingerprint density at radius 3 is 2.65 bits per heavy atom. The number of hydrogen-bond donors (Lipinski definition) is 0. The zero-order valence-electron chi connectivity index (χ0n) is 18.6. The maximum Gasteiger partial charge on any atom is 0.294 e. The van der Waals surface area contributed by atoms with E-state index in [1.165, 1.54) is 41.6 Å². The summed E-state index contributed by atoms with van der Waals surface area (Å²) in [5.41, 5.74) is 0.989. The van der Waals surface area contributed by atoms with Crippen LogP contribution in [0, 0.1) is 0 Å². The Kier molecular flexibility index (Phi) is 6.31. The molecule has 1 aromatic carbocycles. The van der Waals surface area contributed by atoms with Gasteiger partial charge < -0.3 is 19.1 Å². The lowest BCUT2D eigenvalue weighted by atomic mass is 10.1. The third kappa shape index (κ3) is 4.17. The summed E-state index contributed by atoms with van der Waals surface area (Å²) in [6.07, 6.45) is 0. The number of fused-ring (bicyclic) bond motifs is 1. The van der Waals surface area contributed by atoms with Crippen molar-refractivity contribution in [3.8, 4) is 22.1 Å². The van der Waals surface area contributed by atoms with Gasteiger partial charge in [-0.05, 0) is 29.6 Å². The van der Waals surface area contributed by atoms with Gasteiger partial charge in [0, 0.05) is 18.7 Å². The van der Waals surface area contributed by atoms with Crippen molar-refractivity contribution in [2.75, 3.05) is 45.4 Å². The Labute approximate surface area is 203 Å². The van der Waals surface area contributed by atoms with Crippen molar-refractivity contribution < 1.29 is 19.0 Å². The van der Waals surface area contributed by atoms with Gasteiger partial charge in [-0.25, -0.2) is 9.67 Å². The zero-order chi connectivity index (χ0) is 23.7. The van der Waals surface area contributed by atoms with Gasteiger partial charge in [0.15, 0.2) is 27.9 Å². The maximum atomic E-state index is 13.3. The van der Waals surface area contributed by atoms with Crippen molar-refractivity contribution in [3.63, 3.8) is 0 Å². The molecule has 9 nitrogen and oxygen atoms in total. The molecule has 1 aliphatic rings. The normalized spacial score (nSPS) is 13.9. The first-order chi connectivity index (χ1) is 16.6. The summed E-state index contributed by atoms with van der Waals surface area (Å²) in [6.45, 7) is 2.46. The number of ketones is 1. The van der Waals surface area contributed by atoms with Crippen LogP contribution >= 0.6 is 22.7 Å². The molecule has 176 valence electrons. The van der Waals surface area contributed by atoms with Crippen LogP contribution in [0.4, 0.5) is 5.13 Å². The van der Waals surface area contributed by atoms with E-state index < -0.39 is 0 Å². The number of hydrogen-bond acceptors (Lipinski definition) is 10. The third-order valence-electron chi connectivity index (χ3n) is 5.52. The summed E-state index contributed by atoms with van der Waals surface area (Å²) in [5, 5.41) is 7.33. The lowest BCUT2D eigenvalue weighted by molar-refractivity contribution is 0.0965. The number of ether oxygens (including phenoxy) is 3. The second-order valence-corrected chi connectivity index (χ2v) is 9.48. The van der Waals surface area contributed by atoms with Crippen molar-refractivity contribution in [1.82, 2.24) is 14.8 Å². The molecule has 0 atom stereocenters. The summed E-state index contributed by atoms with van der Waals surface area (Å²) < 4.78 is 17.9. The molecule has 0 saturated carbocycles. The lowest BCUT2D eigenvalue weighted by Gasteiger charge is -2.25. The van der Waals surface area contributed by atoms with Crippen LogP contribution in [0.2, 0.25) is 0 Å². The van der Waals surface area contributed by atoms with Crippen LogP contribution in [0.5, 0.6) is 11.5 Å². The van der Waals surface area contributed by atoms with E-state index in [-0.39, 0.29) is 17.9 Å². The van der Waals surface area contributed by atoms with E-state index in [2.05, 4.69) is 15.0 Å². The van der Waals surface area contributed by atoms with Gasteiger partial charge in [-0.2, -0.15) is 5.10 Å². The summed E-state index contributed by atoms with van der Waals surface area (Å²) in [6, 6.07) is 8.79. The van der Waals surface area contributed by atoms with Gasteiger partial charge in [-0.15, -0.1) is 11.3 Å². The Hall–Kier alpha value is -3.28. The molecule has 0 radical (unpaired) electrons. The maximum absolute atomic E-state index is 13.3. The van der Waals surface area contributed by atoms with Gasteiger partial charge in [0.2, 0.25) is 0 Å². The molecule has 4 aromatic rings. The molecule has 1 fully saturated rings. The van der Waals surface area contributed by atoms with Crippen LogP contribution in [0.1, 0.15) is 10.4 Å². The second-order valence-electron chi connectivity index (χ2n) is 7.56. The number of aromatic nitrogens is 3. The Morgan fingerprint density at radius 2 is 1.94 bits per heavy atom. The summed E-state index contributed by atoms with van der Waals surface area (Å²) in [5.74, 6) is 0.697. The summed E-state index contributed by atoms with van der Waals surface area (Å²) >= 11 is 2.98. The molecule has 4 heterocycles. The van der Waals surface area contributed by atoms with Crippen molar-refractivity contribution in [2.24, 2.45) is 0 Å². The number of morpholine rings is 1. The predicted molar refractivity (Wildman–Crippen MR) is 132 cm³/mol. The van der Waals surface area contributed by atoms with Gasteiger partial charge in [0.25, 0.3) is 5.56 Å². The minimum Gasteiger partial charge on any atom is -0.493 e. The van der Waals surface area contributed by atoms with Gasteiger partial charge in [0.1, 0.15) is 12.2 Å². The molecule has 1 aliphatic heterocycles. The highest BCUT2D eigenvalue weighted by atomic mass is 32.1. The molecule has 5 rings (SSSR count). The summed E-state index contributed by atoms with van der Waals surface area (Å²) in [4.78, 5) is 34.1. The number of thiazole rings is 1. The fraction of sp³-hybridized carbons (Fsp3) is 0.304. The topological polar surface area (TPSA) is 95.8 Å². The van der Waals surface area contributed by atoms with Gasteiger partial charge in [-0.3, -0.25) is 9.59 Å². The highest BCUT2D eigenvalue weighted by Gasteiger charge is 2.23. The molecular weight excluding hydrogens is 476 g/mol. The van der Waals surface area contributed by atoms with Crippen LogP contribution in [-0.2, 0) is 11.3 Å². The van der Waals surface area contributed by atoms with Crippen LogP contribution in [0.25, 0.3) is 20.8 Å². The van der Waals surface area contributed by atoms with E-state index >= 15 is 0 Å². The minimum absolute atomic E-state index is 0.215. The largest absolute Gasteiger partial charge is 0.493 e. The van der Waals surface area contributed by atoms with E-state index in [0.717, 1.165) is 14.7 Å². The predicted octanol–water partition coefficient (Wildman–Crippen LogP) is 3.32. The Morgan fingerprint density at radius 1 is 1.15 bits per heavy atom. The van der Waals surface area contributed by atoms with Gasteiger partial charge in [0.05, 0.1) is 37.0 Å². The van der Waals surface area contributed by atoms with Crippen molar-refractivity contribution in [2.45, 2.75) is 6.54 Å². The van der Waals surface area contributed by atoms with Gasteiger partial charge >= 0.3 is 0 Å². The standard InChI is InChI=1S/C23H22N4O5S2/c1-30-16-6-5-14(12-17(16)31-2)15(28)13-27-22(29)20-21(19(25-27)18-4-3-11-33-18)34-23(24-20)26-7-9-32-10-8-26/h3-6,11-12H,7-10,13H2,1-2H3.